The molecule has 0 spiro atoms. The summed E-state index contributed by atoms with van der Waals surface area (Å²) in [6, 6.07) is 7.15. The van der Waals surface area contributed by atoms with Gasteiger partial charge in [0.1, 0.15) is 0 Å². The third-order valence-corrected chi connectivity index (χ3v) is 6.25. The first kappa shape index (κ1) is 16.3. The zero-order valence-corrected chi connectivity index (χ0v) is 14.2. The van der Waals surface area contributed by atoms with Gasteiger partial charge in [0.05, 0.1) is 9.23 Å². The van der Waals surface area contributed by atoms with Gasteiger partial charge < -0.3 is 5.73 Å². The van der Waals surface area contributed by atoms with Crippen molar-refractivity contribution in [2.45, 2.75) is 25.2 Å². The first-order chi connectivity index (χ1) is 9.81. The highest BCUT2D eigenvalue weighted by Gasteiger charge is 2.20. The lowest BCUT2D eigenvalue weighted by Crippen LogP contribution is -2.27. The second-order valence-corrected chi connectivity index (χ2v) is 8.28. The van der Waals surface area contributed by atoms with Gasteiger partial charge in [0.2, 0.25) is 10.0 Å². The summed E-state index contributed by atoms with van der Waals surface area (Å²) in [7, 11) is -3.57. The van der Waals surface area contributed by atoms with Gasteiger partial charge in [-0.15, -0.1) is 11.3 Å². The molecule has 21 heavy (non-hydrogen) atoms. The summed E-state index contributed by atoms with van der Waals surface area (Å²) in [5.41, 5.74) is 7.55. The van der Waals surface area contributed by atoms with Gasteiger partial charge in [-0.25, -0.2) is 13.1 Å². The third-order valence-electron chi connectivity index (χ3n) is 3.21. The van der Waals surface area contributed by atoms with Crippen LogP contribution in [0.5, 0.6) is 0 Å². The third kappa shape index (κ3) is 3.77. The minimum absolute atomic E-state index is 0.270. The normalized spacial score (nSPS) is 11.8. The van der Waals surface area contributed by atoms with Gasteiger partial charge in [-0.05, 0) is 49.6 Å². The molecule has 4 nitrogen and oxygen atoms in total. The van der Waals surface area contributed by atoms with Gasteiger partial charge in [0.25, 0.3) is 0 Å². The molecule has 0 bridgehead atoms. The highest BCUT2D eigenvalue weighted by atomic mass is 35.5. The molecular weight excluding hydrogens is 328 g/mol. The van der Waals surface area contributed by atoms with Crippen molar-refractivity contribution >= 4 is 38.6 Å². The van der Waals surface area contributed by atoms with Gasteiger partial charge in [0, 0.05) is 17.1 Å². The minimum Gasteiger partial charge on any atom is -0.398 e. The summed E-state index contributed by atoms with van der Waals surface area (Å²) in [5, 5.41) is 0. The Bertz CT molecular complexity index is 754. The number of hydrogen-bond donors (Lipinski definition) is 2. The van der Waals surface area contributed by atoms with E-state index < -0.39 is 10.0 Å². The maximum absolute atomic E-state index is 12.4. The topological polar surface area (TPSA) is 72.2 Å². The molecule has 0 amide bonds. The van der Waals surface area contributed by atoms with E-state index in [0.29, 0.717) is 34.1 Å². The molecule has 0 radical (unpaired) electrons. The van der Waals surface area contributed by atoms with Gasteiger partial charge >= 0.3 is 0 Å². The Morgan fingerprint density at radius 2 is 1.95 bits per heavy atom. The Kier molecular flexibility index (Phi) is 4.93. The van der Waals surface area contributed by atoms with Crippen molar-refractivity contribution in [1.29, 1.82) is 0 Å². The molecule has 114 valence electrons. The Morgan fingerprint density at radius 3 is 2.57 bits per heavy atom. The maximum Gasteiger partial charge on any atom is 0.241 e. The van der Waals surface area contributed by atoms with E-state index in [4.69, 9.17) is 17.3 Å². The largest absolute Gasteiger partial charge is 0.398 e. The predicted molar refractivity (Wildman–Crippen MR) is 88.5 cm³/mol. The van der Waals surface area contributed by atoms with Crippen LogP contribution < -0.4 is 10.5 Å². The average molecular weight is 345 g/mol. The number of benzene rings is 1. The summed E-state index contributed by atoms with van der Waals surface area (Å²) in [4.78, 5) is 1.32. The number of anilines is 1. The smallest absolute Gasteiger partial charge is 0.241 e. The highest BCUT2D eigenvalue weighted by Crippen LogP contribution is 2.25. The molecule has 2 rings (SSSR count). The molecule has 0 aliphatic heterocycles. The second-order valence-electron chi connectivity index (χ2n) is 4.78. The number of nitrogen functional groups attached to an aromatic ring is 1. The van der Waals surface area contributed by atoms with Crippen LogP contribution in [-0.4, -0.2) is 15.0 Å². The fraction of sp³-hybridized carbons (Fsp3) is 0.286. The van der Waals surface area contributed by atoms with E-state index in [1.807, 2.05) is 12.1 Å². The lowest BCUT2D eigenvalue weighted by Gasteiger charge is -2.13. The SMILES string of the molecule is Cc1ccc(N)c(C)c1S(=O)(=O)NCCc1ccc(Cl)s1. The van der Waals surface area contributed by atoms with Crippen molar-refractivity contribution in [3.63, 3.8) is 0 Å². The predicted octanol–water partition coefficient (Wildman–Crippen LogP) is 3.12. The molecule has 0 aliphatic carbocycles. The molecule has 0 fully saturated rings. The monoisotopic (exact) mass is 344 g/mol. The van der Waals surface area contributed by atoms with Crippen molar-refractivity contribution < 1.29 is 8.42 Å². The lowest BCUT2D eigenvalue weighted by molar-refractivity contribution is 0.580. The zero-order chi connectivity index (χ0) is 15.6. The van der Waals surface area contributed by atoms with Crippen LogP contribution in [-0.2, 0) is 16.4 Å². The Balaban J connectivity index is 2.14. The molecule has 0 saturated carbocycles. The van der Waals surface area contributed by atoms with E-state index in [2.05, 4.69) is 4.72 Å². The molecule has 0 unspecified atom stereocenters. The fourth-order valence-electron chi connectivity index (χ4n) is 2.12. The number of halogens is 1. The van der Waals surface area contributed by atoms with Gasteiger partial charge in [0.15, 0.2) is 0 Å². The Hall–Kier alpha value is -1.08. The molecule has 3 N–H and O–H groups in total. The van der Waals surface area contributed by atoms with Crippen molar-refractivity contribution in [3.8, 4) is 0 Å². The van der Waals surface area contributed by atoms with Gasteiger partial charge in [-0.3, -0.25) is 0 Å². The number of sulfonamides is 1. The summed E-state index contributed by atoms with van der Waals surface area (Å²) >= 11 is 7.30. The van der Waals surface area contributed by atoms with Crippen molar-refractivity contribution in [2.24, 2.45) is 0 Å². The molecule has 1 aromatic carbocycles. The number of nitrogens with one attached hydrogen (secondary N) is 1. The molecule has 1 aromatic heterocycles. The van der Waals surface area contributed by atoms with Crippen LogP contribution in [0.3, 0.4) is 0 Å². The van der Waals surface area contributed by atoms with E-state index in [9.17, 15) is 8.42 Å². The van der Waals surface area contributed by atoms with Crippen LogP contribution in [0.25, 0.3) is 0 Å². The molecule has 0 aliphatic rings. The van der Waals surface area contributed by atoms with Crippen LogP contribution >= 0.6 is 22.9 Å². The van der Waals surface area contributed by atoms with Crippen LogP contribution in [0, 0.1) is 13.8 Å². The summed E-state index contributed by atoms with van der Waals surface area (Å²) in [6.07, 6.45) is 0.608. The average Bonchev–Trinajstić information content (AvgIpc) is 2.80. The molecule has 0 saturated heterocycles. The highest BCUT2D eigenvalue weighted by molar-refractivity contribution is 7.89. The van der Waals surface area contributed by atoms with E-state index >= 15 is 0 Å². The summed E-state index contributed by atoms with van der Waals surface area (Å²) in [5.74, 6) is 0. The molecule has 7 heteroatoms. The minimum atomic E-state index is -3.57. The van der Waals surface area contributed by atoms with Crippen molar-refractivity contribution in [1.82, 2.24) is 4.72 Å². The molecule has 2 aromatic rings. The molecular formula is C14H17ClN2O2S2. The Morgan fingerprint density at radius 1 is 1.24 bits per heavy atom. The fourth-order valence-corrected chi connectivity index (χ4v) is 4.74. The summed E-state index contributed by atoms with van der Waals surface area (Å²) < 4.78 is 28.2. The molecule has 1 heterocycles. The zero-order valence-electron chi connectivity index (χ0n) is 11.8. The Labute approximate surface area is 134 Å². The number of aryl methyl sites for hydroxylation is 1. The standard InChI is InChI=1S/C14H17ClN2O2S2/c1-9-3-5-12(16)10(2)14(9)21(18,19)17-8-7-11-4-6-13(15)20-11/h3-6,17H,7-8,16H2,1-2H3. The van der Waals surface area contributed by atoms with Crippen LogP contribution in [0.4, 0.5) is 5.69 Å². The first-order valence-electron chi connectivity index (χ1n) is 6.41. The number of rotatable bonds is 5. The van der Waals surface area contributed by atoms with Crippen molar-refractivity contribution in [3.05, 3.63) is 44.6 Å². The van der Waals surface area contributed by atoms with Crippen molar-refractivity contribution in [2.75, 3.05) is 12.3 Å². The summed E-state index contributed by atoms with van der Waals surface area (Å²) in [6.45, 7) is 3.81. The van der Waals surface area contributed by atoms with Crippen LogP contribution in [0.1, 0.15) is 16.0 Å². The van der Waals surface area contributed by atoms with E-state index in [1.54, 1.807) is 26.0 Å². The van der Waals surface area contributed by atoms with E-state index in [-0.39, 0.29) is 4.90 Å². The number of hydrogen-bond acceptors (Lipinski definition) is 4. The quantitative estimate of drug-likeness (QED) is 0.818. The second kappa shape index (κ2) is 6.36. The first-order valence-corrected chi connectivity index (χ1v) is 9.08. The van der Waals surface area contributed by atoms with Gasteiger partial charge in [-0.2, -0.15) is 0 Å². The van der Waals surface area contributed by atoms with Crippen LogP contribution in [0.15, 0.2) is 29.2 Å². The number of nitrogens with two attached hydrogens (primary N) is 1. The maximum atomic E-state index is 12.4. The van der Waals surface area contributed by atoms with Crippen LogP contribution in [0.2, 0.25) is 4.34 Å². The lowest BCUT2D eigenvalue weighted by atomic mass is 10.1. The van der Waals surface area contributed by atoms with E-state index in [1.165, 1.54) is 11.3 Å². The molecule has 0 atom stereocenters. The van der Waals surface area contributed by atoms with E-state index in [0.717, 1.165) is 4.88 Å². The number of thiophene rings is 1. The van der Waals surface area contributed by atoms with Gasteiger partial charge in [-0.1, -0.05) is 17.7 Å².